The number of amides is 5. The van der Waals surface area contributed by atoms with Crippen LogP contribution in [-0.4, -0.2) is 141 Å². The molecule has 5 amide bonds. The molecular weight excluding hydrogens is 1550 g/mol. The van der Waals surface area contributed by atoms with Crippen LogP contribution in [0.15, 0.2) is 91.0 Å². The molecular formula is C106H145N5O13. The largest absolute Gasteiger partial charge is 0.445 e. The lowest BCUT2D eigenvalue weighted by molar-refractivity contribution is -0.148. The van der Waals surface area contributed by atoms with Gasteiger partial charge in [-0.15, -0.1) is 0 Å². The molecule has 0 radical (unpaired) electrons. The Morgan fingerprint density at radius 1 is 0.411 bits per heavy atom. The van der Waals surface area contributed by atoms with Crippen LogP contribution in [0.1, 0.15) is 280 Å². The van der Waals surface area contributed by atoms with Crippen molar-refractivity contribution in [2.75, 3.05) is 19.6 Å². The fraction of sp³-hybridized carbons (Fsp3) is 0.764. The van der Waals surface area contributed by atoms with E-state index in [2.05, 4.69) is 104 Å². The van der Waals surface area contributed by atoms with Crippen molar-refractivity contribution >= 4 is 41.7 Å². The van der Waals surface area contributed by atoms with Gasteiger partial charge < -0.3 is 58.5 Å². The zero-order chi connectivity index (χ0) is 86.4. The fourth-order valence-corrected chi connectivity index (χ4v) is 36.5. The highest BCUT2D eigenvalue weighted by Crippen LogP contribution is 2.91. The Bertz CT molecular complexity index is 4510. The zero-order valence-corrected chi connectivity index (χ0v) is 76.9. The predicted molar refractivity (Wildman–Crippen MR) is 471 cm³/mol. The number of Topliss-reactive ketones (excluding diaryl/α,β-unsaturated/α-hetero) is 2. The number of hydrogen-bond donors (Lipinski definition) is 2. The van der Waals surface area contributed by atoms with Gasteiger partial charge in [-0.3, -0.25) is 14.4 Å². The average Bonchev–Trinajstić information content (AvgIpc) is 1.47. The Balaban J connectivity index is 0.000000114. The number of ketones is 2. The van der Waals surface area contributed by atoms with Crippen molar-refractivity contribution < 1.29 is 62.0 Å². The maximum Gasteiger partial charge on any atom is 0.410 e. The molecule has 23 rings (SSSR count). The number of carbonyl (C=O) groups excluding carboxylic acids is 7. The molecule has 18 heteroatoms. The molecule has 6 spiro atoms. The lowest BCUT2D eigenvalue weighted by Crippen LogP contribution is -2.57. The van der Waals surface area contributed by atoms with E-state index >= 15 is 0 Å². The van der Waals surface area contributed by atoms with Crippen molar-refractivity contribution in [3.8, 4) is 0 Å². The second kappa shape index (κ2) is 29.6. The van der Waals surface area contributed by atoms with Crippen LogP contribution in [0, 0.1) is 138 Å². The maximum absolute atomic E-state index is 13.6. The molecule has 0 aromatic heterocycles. The third-order valence-corrected chi connectivity index (χ3v) is 42.5. The van der Waals surface area contributed by atoms with Gasteiger partial charge in [-0.1, -0.05) is 174 Å². The van der Waals surface area contributed by atoms with Crippen LogP contribution in [0.3, 0.4) is 0 Å². The molecule has 18 nitrogen and oxygen atoms in total. The lowest BCUT2D eigenvalue weighted by Gasteiger charge is -2.53. The molecule has 0 unspecified atom stereocenters. The fourth-order valence-electron chi connectivity index (χ4n) is 36.5. The molecule has 8 aliphatic heterocycles. The highest BCUT2D eigenvalue weighted by Gasteiger charge is 2.89. The number of likely N-dealkylation sites (tertiary alicyclic amines) is 3. The Morgan fingerprint density at radius 3 is 1.08 bits per heavy atom. The van der Waals surface area contributed by atoms with E-state index in [-0.39, 0.29) is 151 Å². The summed E-state index contributed by atoms with van der Waals surface area (Å²) in [5.41, 5.74) is 3.79. The van der Waals surface area contributed by atoms with E-state index in [1.807, 2.05) is 95.9 Å². The molecule has 8 saturated heterocycles. The van der Waals surface area contributed by atoms with Crippen molar-refractivity contribution in [2.45, 2.75) is 349 Å². The predicted octanol–water partition coefficient (Wildman–Crippen LogP) is 19.6. The first-order valence-electron chi connectivity index (χ1n) is 49.8. The molecule has 2 N–H and O–H groups in total. The van der Waals surface area contributed by atoms with Crippen molar-refractivity contribution in [1.29, 1.82) is 0 Å². The Hall–Kier alpha value is -6.37. The van der Waals surface area contributed by atoms with E-state index in [4.69, 9.17) is 28.4 Å². The number of rotatable bonds is 9. The van der Waals surface area contributed by atoms with Gasteiger partial charge in [-0.25, -0.2) is 14.4 Å². The van der Waals surface area contributed by atoms with Crippen LogP contribution in [0.5, 0.6) is 0 Å². The van der Waals surface area contributed by atoms with Gasteiger partial charge in [0.2, 0.25) is 11.8 Å². The van der Waals surface area contributed by atoms with E-state index in [9.17, 15) is 33.6 Å². The van der Waals surface area contributed by atoms with E-state index < -0.39 is 0 Å². The van der Waals surface area contributed by atoms with Crippen LogP contribution >= 0.6 is 0 Å². The minimum atomic E-state index is -0.387. The molecule has 12 saturated carbocycles. The summed E-state index contributed by atoms with van der Waals surface area (Å²) in [7, 11) is 0. The molecule has 20 fully saturated rings. The first kappa shape index (κ1) is 84.5. The molecule has 124 heavy (non-hydrogen) atoms. The number of carbonyl (C=O) groups is 7. The zero-order valence-electron chi connectivity index (χ0n) is 76.9. The van der Waals surface area contributed by atoms with Gasteiger partial charge in [0.05, 0.1) is 53.2 Å². The average molecular weight is 1700 g/mol. The van der Waals surface area contributed by atoms with E-state index in [1.165, 1.54) is 51.4 Å². The summed E-state index contributed by atoms with van der Waals surface area (Å²) in [6.07, 6.45) is 28.1. The van der Waals surface area contributed by atoms with Crippen molar-refractivity contribution in [2.24, 2.45) is 138 Å². The van der Waals surface area contributed by atoms with Crippen LogP contribution in [-0.2, 0) is 67.4 Å². The molecule has 20 aliphatic rings. The smallest absolute Gasteiger partial charge is 0.410 e. The van der Waals surface area contributed by atoms with Crippen molar-refractivity contribution in [3.63, 3.8) is 0 Å². The Labute approximate surface area is 738 Å². The molecule has 3 aromatic carbocycles. The highest BCUT2D eigenvalue weighted by atomic mass is 16.6. The van der Waals surface area contributed by atoms with Crippen molar-refractivity contribution in [3.05, 3.63) is 108 Å². The summed E-state index contributed by atoms with van der Waals surface area (Å²) >= 11 is 0. The Kier molecular flexibility index (Phi) is 20.1. The van der Waals surface area contributed by atoms with Gasteiger partial charge in [0.1, 0.15) is 31.4 Å². The van der Waals surface area contributed by atoms with Gasteiger partial charge in [-0.05, 0) is 269 Å². The standard InChI is InChI=1S/C36H49NO5.2C35H48N2O4/c1-22-17-29-31(37(19-22)32(40)41-20-25-9-7-6-8-10-25)24(3)36(42-29)16-14-27-26-11-12-30(39)33(4,15-13-23(2)38)28(26)18-35(27)21-34(35,36)5;2*1-21-16-27-30(37(18-21)31(39)40-19-23-8-6-5-7-9-23)22(2)35(41-27)15-12-25-24-10-11-28-32(3,14-13-29(38)36-28)26(24)17-34(25)20-33(34,35)4/h6-10,22,24,26-29,31H,11-21H2,1-5H3;2*5-9,21-22,24-28,30H,10-20H2,1-4H3,(H,36,38)/t22-,24+,26-,27-,28-,29+,31-,33+,34+,35+,36+;21-,22+,24-,25-,26-,27+,28+,30-,32+,33+,34+,35+;21-,22+,24-,25-,26-,27+,28-,30-,32+,33+,34+,35+/m000/s1. The minimum absolute atomic E-state index is 0.0292. The monoisotopic (exact) mass is 1700 g/mol. The second-order valence-electron chi connectivity index (χ2n) is 47.4. The summed E-state index contributed by atoms with van der Waals surface area (Å²) in [5.74, 6) is 9.13. The first-order chi connectivity index (χ1) is 59.2. The summed E-state index contributed by atoms with van der Waals surface area (Å²) in [6, 6.07) is 30.8. The number of benzene rings is 3. The second-order valence-corrected chi connectivity index (χ2v) is 47.4. The highest BCUT2D eigenvalue weighted by molar-refractivity contribution is 5.87. The summed E-state index contributed by atoms with van der Waals surface area (Å²) < 4.78 is 39.8. The normalized spacial score (nSPS) is 49.7. The lowest BCUT2D eigenvalue weighted by atomic mass is 9.56. The molecule has 672 valence electrons. The third kappa shape index (κ3) is 12.0. The third-order valence-electron chi connectivity index (χ3n) is 42.5. The Morgan fingerprint density at radius 2 is 0.742 bits per heavy atom. The van der Waals surface area contributed by atoms with E-state index in [1.54, 1.807) is 6.92 Å². The molecule has 12 aliphatic carbocycles. The topological polar surface area (TPSA) is 209 Å². The quantitative estimate of drug-likeness (QED) is 0.191. The number of ether oxygens (including phenoxy) is 6. The van der Waals surface area contributed by atoms with Gasteiger partial charge in [-0.2, -0.15) is 0 Å². The number of piperidine rings is 5. The summed E-state index contributed by atoms with van der Waals surface area (Å²) in [6.45, 7) is 33.4. The van der Waals surface area contributed by atoms with Gasteiger partial charge >= 0.3 is 18.3 Å². The molecule has 35 atom stereocenters. The van der Waals surface area contributed by atoms with Crippen LogP contribution in [0.4, 0.5) is 14.4 Å². The van der Waals surface area contributed by atoms with Gasteiger partial charge in [0, 0.05) is 96.8 Å². The van der Waals surface area contributed by atoms with Crippen LogP contribution < -0.4 is 10.6 Å². The minimum Gasteiger partial charge on any atom is -0.445 e. The molecule has 0 bridgehead atoms. The number of nitrogens with zero attached hydrogens (tertiary/aromatic N) is 3. The number of fused-ring (bicyclic) bond motifs is 16. The van der Waals surface area contributed by atoms with E-state index in [0.29, 0.717) is 128 Å². The molecule has 8 heterocycles. The number of nitrogens with one attached hydrogen (secondary N) is 2. The van der Waals surface area contributed by atoms with Crippen LogP contribution in [0.2, 0.25) is 0 Å². The summed E-state index contributed by atoms with van der Waals surface area (Å²) in [4.78, 5) is 97.0. The summed E-state index contributed by atoms with van der Waals surface area (Å²) in [5, 5.41) is 6.81. The molecule has 3 aromatic rings. The SMILES string of the molecule is CC(=O)CC[C@@]1(C)C(=O)CC[C@H]2[C@@H]3CC[C@]4(O[C@@H]5C[C@H](C)CN(C(=O)OCc6ccccc6)[C@H]5[C@H]4C)[C@]4(C)C[C@]34C[C@@H]21.C[C@H]1C[C@H]2O[C@]3(CC[C@H]4[C@@H]5CC[C@@H]6NC(=O)CC[C@]6(C)[C@H]5C[C@@]45C[C@]53C)[C@H](C)[C@@H]2N(C(=O)OCc2ccccc2)C1.C[C@H]1C[C@H]2O[C@]3(CC[C@H]4[C@@H]5CC[C@H]6NC(=O)CC[C@]6(C)[C@H]5C[C@@]45C[C@]53C)[C@H](C)[C@@H]2N(C(=O)OCc2ccccc2)C1. The van der Waals surface area contributed by atoms with Gasteiger partial charge in [0.15, 0.2) is 0 Å². The van der Waals surface area contributed by atoms with E-state index in [0.717, 1.165) is 143 Å². The van der Waals surface area contributed by atoms with Gasteiger partial charge in [0.25, 0.3) is 0 Å². The first-order valence-corrected chi connectivity index (χ1v) is 49.8. The van der Waals surface area contributed by atoms with Crippen LogP contribution in [0.25, 0.3) is 0 Å². The van der Waals surface area contributed by atoms with Crippen molar-refractivity contribution in [1.82, 2.24) is 25.3 Å². The number of hydrogen-bond acceptors (Lipinski definition) is 13. The maximum atomic E-state index is 13.6.